The number of nitrogens with one attached hydrogen (secondary N) is 1. The Kier molecular flexibility index (Phi) is 7.40. The van der Waals surface area contributed by atoms with Gasteiger partial charge in [0.05, 0.1) is 17.5 Å². The van der Waals surface area contributed by atoms with Gasteiger partial charge in [0.15, 0.2) is 0 Å². The molecule has 0 unspecified atom stereocenters. The molecule has 3 aromatic carbocycles. The first-order valence-electron chi connectivity index (χ1n) is 14.4. The summed E-state index contributed by atoms with van der Waals surface area (Å²) in [6.07, 6.45) is 4.58. The van der Waals surface area contributed by atoms with Crippen LogP contribution >= 0.6 is 0 Å². The van der Waals surface area contributed by atoms with Crippen LogP contribution in [0, 0.1) is 19.8 Å². The number of rotatable bonds is 8. The van der Waals surface area contributed by atoms with Gasteiger partial charge in [0, 0.05) is 23.3 Å². The molecule has 2 aromatic heterocycles. The molecule has 0 aliphatic heterocycles. The monoisotopic (exact) mass is 531 g/mol. The highest BCUT2D eigenvalue weighted by Crippen LogP contribution is 2.38. The highest BCUT2D eigenvalue weighted by Gasteiger charge is 2.32. The van der Waals surface area contributed by atoms with E-state index in [2.05, 4.69) is 71.2 Å². The third kappa shape index (κ3) is 5.26. The standard InChI is InChI=1S/C35H37N3O2/c1-23-19-24(2)38-31-14-8-13-29(30(31)21-33(38)37-23)20-25-15-17-28(18-16-25)34(27-11-6-7-12-27)35(40)36-22-32(39)26-9-4-3-5-10-26/h3-5,8-10,13-19,21,27,32,34,39H,6-7,11-12,20,22H2,1-2H3,(H,36,40)/t32-,34-/m0/s1. The highest BCUT2D eigenvalue weighted by molar-refractivity contribution is 5.89. The second-order valence-corrected chi connectivity index (χ2v) is 11.3. The Hall–Kier alpha value is -3.96. The molecule has 5 heteroatoms. The van der Waals surface area contributed by atoms with E-state index in [1.807, 2.05) is 37.3 Å². The first-order chi connectivity index (χ1) is 19.5. The Balaban J connectivity index is 1.22. The van der Waals surface area contributed by atoms with Gasteiger partial charge in [0.1, 0.15) is 5.65 Å². The largest absolute Gasteiger partial charge is 0.387 e. The smallest absolute Gasteiger partial charge is 0.227 e. The van der Waals surface area contributed by atoms with Gasteiger partial charge < -0.3 is 10.4 Å². The van der Waals surface area contributed by atoms with Gasteiger partial charge in [-0.05, 0) is 79.5 Å². The van der Waals surface area contributed by atoms with E-state index in [0.717, 1.165) is 41.7 Å². The Morgan fingerprint density at radius 2 is 1.70 bits per heavy atom. The number of amides is 1. The number of aryl methyl sites for hydroxylation is 2. The third-order valence-corrected chi connectivity index (χ3v) is 8.52. The number of aliphatic hydroxyl groups is 1. The lowest BCUT2D eigenvalue weighted by Gasteiger charge is -2.24. The van der Waals surface area contributed by atoms with Gasteiger partial charge in [-0.25, -0.2) is 4.98 Å². The zero-order chi connectivity index (χ0) is 27.6. The molecule has 5 nitrogen and oxygen atoms in total. The van der Waals surface area contributed by atoms with Crippen LogP contribution in [0.15, 0.2) is 84.9 Å². The molecule has 1 amide bonds. The van der Waals surface area contributed by atoms with Crippen LogP contribution in [0.2, 0.25) is 0 Å². The fourth-order valence-electron chi connectivity index (χ4n) is 6.56. The summed E-state index contributed by atoms with van der Waals surface area (Å²) in [4.78, 5) is 18.3. The minimum absolute atomic E-state index is 0.0121. The van der Waals surface area contributed by atoms with Gasteiger partial charge >= 0.3 is 0 Å². The Morgan fingerprint density at radius 3 is 2.45 bits per heavy atom. The van der Waals surface area contributed by atoms with Crippen LogP contribution < -0.4 is 5.32 Å². The van der Waals surface area contributed by atoms with Crippen LogP contribution in [0.5, 0.6) is 0 Å². The number of nitrogens with zero attached hydrogens (tertiary/aromatic N) is 2. The quantitative estimate of drug-likeness (QED) is 0.231. The molecule has 2 heterocycles. The van der Waals surface area contributed by atoms with Gasteiger partial charge in [-0.15, -0.1) is 0 Å². The lowest BCUT2D eigenvalue weighted by Crippen LogP contribution is -2.35. The van der Waals surface area contributed by atoms with Crippen LogP contribution in [0.4, 0.5) is 0 Å². The number of aliphatic hydroxyl groups excluding tert-OH is 1. The Bertz CT molecular complexity index is 1630. The molecule has 0 radical (unpaired) electrons. The predicted octanol–water partition coefficient (Wildman–Crippen LogP) is 6.82. The van der Waals surface area contributed by atoms with Crippen molar-refractivity contribution in [2.75, 3.05) is 6.54 Å². The van der Waals surface area contributed by atoms with Crippen molar-refractivity contribution in [3.8, 4) is 0 Å². The van der Waals surface area contributed by atoms with Gasteiger partial charge in [-0.1, -0.05) is 79.6 Å². The lowest BCUT2D eigenvalue weighted by molar-refractivity contribution is -0.124. The van der Waals surface area contributed by atoms with Crippen LogP contribution in [-0.4, -0.2) is 26.9 Å². The molecule has 0 spiro atoms. The fraction of sp³-hybridized carbons (Fsp3) is 0.314. The maximum absolute atomic E-state index is 13.5. The molecule has 0 saturated heterocycles. The van der Waals surface area contributed by atoms with Crippen LogP contribution in [0.1, 0.15) is 71.3 Å². The van der Waals surface area contributed by atoms with E-state index in [4.69, 9.17) is 4.98 Å². The Morgan fingerprint density at radius 1 is 0.950 bits per heavy atom. The molecule has 40 heavy (non-hydrogen) atoms. The molecule has 6 rings (SSSR count). The number of aromatic nitrogens is 2. The minimum Gasteiger partial charge on any atom is -0.387 e. The van der Waals surface area contributed by atoms with E-state index < -0.39 is 6.10 Å². The summed E-state index contributed by atoms with van der Waals surface area (Å²) in [6.45, 7) is 4.39. The van der Waals surface area contributed by atoms with E-state index in [0.29, 0.717) is 5.92 Å². The molecule has 1 fully saturated rings. The molecule has 5 aromatic rings. The van der Waals surface area contributed by atoms with Gasteiger partial charge in [0.2, 0.25) is 5.91 Å². The summed E-state index contributed by atoms with van der Waals surface area (Å²) in [5.74, 6) is 0.150. The van der Waals surface area contributed by atoms with Crippen molar-refractivity contribution in [1.82, 2.24) is 14.7 Å². The second-order valence-electron chi connectivity index (χ2n) is 11.3. The summed E-state index contributed by atoms with van der Waals surface area (Å²) in [7, 11) is 0. The minimum atomic E-state index is -0.714. The zero-order valence-corrected chi connectivity index (χ0v) is 23.3. The van der Waals surface area contributed by atoms with Crippen LogP contribution in [-0.2, 0) is 11.2 Å². The number of benzene rings is 3. The van der Waals surface area contributed by atoms with Crippen molar-refractivity contribution < 1.29 is 9.90 Å². The van der Waals surface area contributed by atoms with E-state index in [1.54, 1.807) is 0 Å². The summed E-state index contributed by atoms with van der Waals surface area (Å²) < 4.78 is 2.23. The first kappa shape index (κ1) is 26.3. The van der Waals surface area contributed by atoms with Crippen LogP contribution in [0.25, 0.3) is 16.6 Å². The summed E-state index contributed by atoms with van der Waals surface area (Å²) >= 11 is 0. The van der Waals surface area contributed by atoms with E-state index in [-0.39, 0.29) is 18.4 Å². The fourth-order valence-corrected chi connectivity index (χ4v) is 6.56. The molecule has 1 aliphatic carbocycles. The normalized spacial score (nSPS) is 15.5. The van der Waals surface area contributed by atoms with Gasteiger partial charge in [-0.3, -0.25) is 9.20 Å². The highest BCUT2D eigenvalue weighted by atomic mass is 16.3. The number of hydrogen-bond acceptors (Lipinski definition) is 3. The molecule has 1 aliphatic rings. The first-order valence-corrected chi connectivity index (χ1v) is 14.4. The average molecular weight is 532 g/mol. The van der Waals surface area contributed by atoms with Gasteiger partial charge in [-0.2, -0.15) is 0 Å². The maximum Gasteiger partial charge on any atom is 0.227 e. The third-order valence-electron chi connectivity index (χ3n) is 8.52. The second kappa shape index (κ2) is 11.3. The number of carbonyl (C=O) groups is 1. The van der Waals surface area contributed by atoms with Crippen molar-refractivity contribution in [3.63, 3.8) is 0 Å². The molecule has 204 valence electrons. The molecule has 1 saturated carbocycles. The summed E-state index contributed by atoms with van der Waals surface area (Å²) in [5.41, 5.74) is 8.75. The molecule has 2 atom stereocenters. The SMILES string of the molecule is Cc1cc(C)n2c(cc3c(Cc4ccc([C@@H](C(=O)NC[C@H](O)c5ccccc5)C5CCCC5)cc4)cccc32)n1. The van der Waals surface area contributed by atoms with Crippen molar-refractivity contribution in [3.05, 3.63) is 119 Å². The summed E-state index contributed by atoms with van der Waals surface area (Å²) in [6, 6.07) is 28.9. The molecule has 2 N–H and O–H groups in total. The van der Waals surface area contributed by atoms with Crippen LogP contribution in [0.3, 0.4) is 0 Å². The Labute approximate surface area is 235 Å². The summed E-state index contributed by atoms with van der Waals surface area (Å²) in [5, 5.41) is 14.9. The molecular formula is C35H37N3O2. The number of fused-ring (bicyclic) bond motifs is 3. The average Bonchev–Trinajstić information content (AvgIpc) is 3.62. The van der Waals surface area contributed by atoms with Gasteiger partial charge in [0.25, 0.3) is 0 Å². The van der Waals surface area contributed by atoms with E-state index >= 15 is 0 Å². The van der Waals surface area contributed by atoms with E-state index in [9.17, 15) is 9.90 Å². The number of carbonyl (C=O) groups excluding carboxylic acids is 1. The number of hydrogen-bond donors (Lipinski definition) is 2. The van der Waals surface area contributed by atoms with Crippen molar-refractivity contribution in [2.45, 2.75) is 58.0 Å². The van der Waals surface area contributed by atoms with Crippen molar-refractivity contribution in [1.29, 1.82) is 0 Å². The molecule has 0 bridgehead atoms. The predicted molar refractivity (Wildman–Crippen MR) is 161 cm³/mol. The van der Waals surface area contributed by atoms with E-state index in [1.165, 1.54) is 40.6 Å². The van der Waals surface area contributed by atoms with Crippen molar-refractivity contribution >= 4 is 22.5 Å². The lowest BCUT2D eigenvalue weighted by atomic mass is 9.83. The van der Waals surface area contributed by atoms with Crippen molar-refractivity contribution in [2.24, 2.45) is 5.92 Å². The topological polar surface area (TPSA) is 66.6 Å². The zero-order valence-electron chi connectivity index (χ0n) is 23.3. The molecular weight excluding hydrogens is 494 g/mol. The maximum atomic E-state index is 13.5.